The van der Waals surface area contributed by atoms with Gasteiger partial charge in [-0.2, -0.15) is 0 Å². The van der Waals surface area contributed by atoms with Gasteiger partial charge in [-0.3, -0.25) is 4.79 Å². The van der Waals surface area contributed by atoms with Crippen molar-refractivity contribution >= 4 is 28.5 Å². The van der Waals surface area contributed by atoms with Crippen LogP contribution in [0.1, 0.15) is 36.7 Å². The molecule has 0 bridgehead atoms. The van der Waals surface area contributed by atoms with Gasteiger partial charge in [0.05, 0.1) is 30.3 Å². The Morgan fingerprint density at radius 3 is 2.68 bits per heavy atom. The van der Waals surface area contributed by atoms with Crippen LogP contribution in [0.5, 0.6) is 17.2 Å². The maximum absolute atomic E-state index is 12.7. The molecule has 0 aliphatic heterocycles. The molecule has 1 amide bonds. The van der Waals surface area contributed by atoms with Gasteiger partial charge in [0.25, 0.3) is 0 Å². The van der Waals surface area contributed by atoms with Gasteiger partial charge >= 0.3 is 0 Å². The van der Waals surface area contributed by atoms with Gasteiger partial charge in [0.2, 0.25) is 5.91 Å². The van der Waals surface area contributed by atoms with E-state index in [9.17, 15) is 9.90 Å². The van der Waals surface area contributed by atoms with Crippen molar-refractivity contribution in [1.29, 1.82) is 0 Å². The Labute approximate surface area is 222 Å². The highest BCUT2D eigenvalue weighted by Crippen LogP contribution is 2.38. The van der Waals surface area contributed by atoms with Crippen LogP contribution >= 0.6 is 11.6 Å². The zero-order chi connectivity index (χ0) is 26.4. The van der Waals surface area contributed by atoms with Crippen molar-refractivity contribution in [3.63, 3.8) is 0 Å². The number of fused-ring (bicyclic) bond motifs is 1. The summed E-state index contributed by atoms with van der Waals surface area (Å²) in [6.45, 7) is 2.81. The van der Waals surface area contributed by atoms with Gasteiger partial charge in [-0.15, -0.1) is 0 Å². The minimum Gasteiger partial charge on any atom is -0.508 e. The minimum atomic E-state index is -0.152. The van der Waals surface area contributed by atoms with Crippen LogP contribution in [0, 0.1) is 5.92 Å². The number of carbonyl (C=O) groups is 1. The number of aromatic hydroxyl groups is 1. The first-order valence-electron chi connectivity index (χ1n) is 12.2. The normalized spacial score (nSPS) is 11.9. The topological polar surface area (TPSA) is 87.7 Å². The van der Waals surface area contributed by atoms with E-state index in [4.69, 9.17) is 26.1 Å². The molecule has 4 rings (SSSR count). The van der Waals surface area contributed by atoms with E-state index in [0.29, 0.717) is 48.2 Å². The fourth-order valence-corrected chi connectivity index (χ4v) is 4.74. The Morgan fingerprint density at radius 2 is 1.92 bits per heavy atom. The number of amides is 1. The van der Waals surface area contributed by atoms with Crippen LogP contribution in [0.15, 0.2) is 60.7 Å². The zero-order valence-electron chi connectivity index (χ0n) is 21.3. The SMILES string of the molecule is COc1ccc(CC(C)CCC(=O)[N]Cc2nc3ccccc3n2Cc2cccc(O)c2)c(Cl)c1OC. The van der Waals surface area contributed by atoms with Gasteiger partial charge < -0.3 is 19.1 Å². The van der Waals surface area contributed by atoms with Gasteiger partial charge in [-0.1, -0.05) is 48.9 Å². The number of halogens is 1. The van der Waals surface area contributed by atoms with Crippen LogP contribution in [0.25, 0.3) is 11.0 Å². The molecule has 7 nitrogen and oxygen atoms in total. The number of ether oxygens (including phenoxy) is 2. The molecule has 193 valence electrons. The Balaban J connectivity index is 1.37. The third-order valence-electron chi connectivity index (χ3n) is 6.37. The second kappa shape index (κ2) is 12.0. The second-order valence-corrected chi connectivity index (χ2v) is 9.48. The van der Waals surface area contributed by atoms with Gasteiger partial charge in [0.15, 0.2) is 11.5 Å². The largest absolute Gasteiger partial charge is 0.508 e. The van der Waals surface area contributed by atoms with Gasteiger partial charge in [0, 0.05) is 13.0 Å². The monoisotopic (exact) mass is 520 g/mol. The Hall–Kier alpha value is -3.71. The first-order valence-corrected chi connectivity index (χ1v) is 12.6. The number of phenols is 1. The molecule has 0 fully saturated rings. The maximum Gasteiger partial charge on any atom is 0.241 e. The third kappa shape index (κ3) is 6.35. The summed E-state index contributed by atoms with van der Waals surface area (Å²) >= 11 is 6.52. The van der Waals surface area contributed by atoms with E-state index < -0.39 is 0 Å². The van der Waals surface area contributed by atoms with Gasteiger partial charge in [-0.05, 0) is 60.2 Å². The molecule has 0 aliphatic rings. The summed E-state index contributed by atoms with van der Waals surface area (Å²) < 4.78 is 12.7. The van der Waals surface area contributed by atoms with E-state index in [-0.39, 0.29) is 24.1 Å². The van der Waals surface area contributed by atoms with Crippen LogP contribution in [0.3, 0.4) is 0 Å². The zero-order valence-corrected chi connectivity index (χ0v) is 22.0. The molecule has 0 aliphatic carbocycles. The van der Waals surface area contributed by atoms with Crippen molar-refractivity contribution < 1.29 is 19.4 Å². The summed E-state index contributed by atoms with van der Waals surface area (Å²) in [7, 11) is 3.14. The van der Waals surface area contributed by atoms with Gasteiger partial charge in [0.1, 0.15) is 18.1 Å². The van der Waals surface area contributed by atoms with E-state index in [1.54, 1.807) is 26.4 Å². The van der Waals surface area contributed by atoms with Crippen LogP contribution in [-0.4, -0.2) is 34.8 Å². The highest BCUT2D eigenvalue weighted by molar-refractivity contribution is 6.33. The van der Waals surface area contributed by atoms with E-state index >= 15 is 0 Å². The summed E-state index contributed by atoms with van der Waals surface area (Å²) in [5.74, 6) is 2.11. The molecule has 3 aromatic carbocycles. The number of aromatic nitrogens is 2. The number of methoxy groups -OCH3 is 2. The van der Waals surface area contributed by atoms with Crippen molar-refractivity contribution in [1.82, 2.24) is 14.9 Å². The molecule has 8 heteroatoms. The molecule has 37 heavy (non-hydrogen) atoms. The highest BCUT2D eigenvalue weighted by Gasteiger charge is 2.17. The number of carbonyl (C=O) groups excluding carboxylic acids is 1. The lowest BCUT2D eigenvalue weighted by Gasteiger charge is -2.16. The molecule has 0 saturated heterocycles. The number of benzene rings is 3. The fraction of sp³-hybridized carbons (Fsp3) is 0.310. The van der Waals surface area contributed by atoms with Crippen molar-refractivity contribution in [3.8, 4) is 17.2 Å². The second-order valence-electron chi connectivity index (χ2n) is 9.10. The molecule has 1 unspecified atom stereocenters. The van der Waals surface area contributed by atoms with Crippen LogP contribution < -0.4 is 14.8 Å². The lowest BCUT2D eigenvalue weighted by Crippen LogP contribution is -2.19. The third-order valence-corrected chi connectivity index (χ3v) is 6.78. The average molecular weight is 521 g/mol. The molecule has 1 heterocycles. The fourth-order valence-electron chi connectivity index (χ4n) is 4.43. The number of para-hydroxylation sites is 2. The maximum atomic E-state index is 12.7. The molecular formula is C29H31ClN3O4. The van der Waals surface area contributed by atoms with Gasteiger partial charge in [-0.25, -0.2) is 10.3 Å². The molecule has 1 atom stereocenters. The molecule has 4 aromatic rings. The molecule has 0 spiro atoms. The summed E-state index contributed by atoms with van der Waals surface area (Å²) in [5, 5.41) is 14.7. The summed E-state index contributed by atoms with van der Waals surface area (Å²) in [5.41, 5.74) is 3.71. The summed E-state index contributed by atoms with van der Waals surface area (Å²) in [6.07, 6.45) is 1.75. The molecule has 0 saturated carbocycles. The predicted molar refractivity (Wildman–Crippen MR) is 144 cm³/mol. The molecular weight excluding hydrogens is 490 g/mol. The smallest absolute Gasteiger partial charge is 0.241 e. The first-order chi connectivity index (χ1) is 17.9. The lowest BCUT2D eigenvalue weighted by molar-refractivity contribution is -0.121. The standard InChI is InChI=1S/C29H31ClN3O4/c1-19(15-21-12-13-25(36-2)29(37-3)28(21)30)11-14-27(35)31-17-26-32-23-9-4-5-10-24(23)33(26)18-20-7-6-8-22(34)16-20/h4-10,12-13,16,19,34H,11,14-15,17-18H2,1-3H3. The number of hydrogen-bond donors (Lipinski definition) is 1. The number of imidazole rings is 1. The Kier molecular flexibility index (Phi) is 8.56. The Bertz CT molecular complexity index is 1390. The number of rotatable bonds is 11. The summed E-state index contributed by atoms with van der Waals surface area (Å²) in [6, 6.07) is 18.8. The predicted octanol–water partition coefficient (Wildman–Crippen LogP) is 5.75. The highest BCUT2D eigenvalue weighted by atomic mass is 35.5. The van der Waals surface area contributed by atoms with E-state index in [1.807, 2.05) is 53.1 Å². The lowest BCUT2D eigenvalue weighted by atomic mass is 9.96. The number of nitrogens with zero attached hydrogens (tertiary/aromatic N) is 3. The average Bonchev–Trinajstić information content (AvgIpc) is 3.24. The first kappa shape index (κ1) is 26.4. The minimum absolute atomic E-state index is 0.152. The van der Waals surface area contributed by atoms with Crippen LogP contribution in [0.2, 0.25) is 5.02 Å². The van der Waals surface area contributed by atoms with Crippen molar-refractivity contribution in [2.45, 2.75) is 39.3 Å². The van der Waals surface area contributed by atoms with E-state index in [0.717, 1.165) is 22.2 Å². The quantitative estimate of drug-likeness (QED) is 0.272. The van der Waals surface area contributed by atoms with Crippen molar-refractivity contribution in [2.75, 3.05) is 14.2 Å². The van der Waals surface area contributed by atoms with Crippen molar-refractivity contribution in [2.24, 2.45) is 5.92 Å². The van der Waals surface area contributed by atoms with E-state index in [1.165, 1.54) is 0 Å². The van der Waals surface area contributed by atoms with Crippen molar-refractivity contribution in [3.05, 3.63) is 82.6 Å². The molecule has 1 N–H and O–H groups in total. The Morgan fingerprint density at radius 1 is 1.11 bits per heavy atom. The molecule has 1 aromatic heterocycles. The number of phenolic OH excluding ortho intramolecular Hbond substituents is 1. The molecule has 1 radical (unpaired) electrons. The van der Waals surface area contributed by atoms with E-state index in [2.05, 4.69) is 12.2 Å². The van der Waals surface area contributed by atoms with Crippen LogP contribution in [0.4, 0.5) is 0 Å². The van der Waals surface area contributed by atoms with Crippen LogP contribution in [-0.2, 0) is 24.3 Å². The number of hydrogen-bond acceptors (Lipinski definition) is 5. The summed E-state index contributed by atoms with van der Waals surface area (Å²) in [4.78, 5) is 17.4.